The maximum Gasteiger partial charge on any atom is 0.409 e. The predicted molar refractivity (Wildman–Crippen MR) is 258 cm³/mol. The van der Waals surface area contributed by atoms with Crippen molar-refractivity contribution in [2.75, 3.05) is 9.62 Å². The summed E-state index contributed by atoms with van der Waals surface area (Å²) in [6.07, 6.45) is 5.59. The topological polar surface area (TPSA) is 42.3 Å². The Morgan fingerprint density at radius 3 is 2.00 bits per heavy atom. The van der Waals surface area contributed by atoms with Crippen LogP contribution in [0.25, 0.3) is 49.9 Å². The summed E-state index contributed by atoms with van der Waals surface area (Å²) in [6, 6.07) is 74.6. The summed E-state index contributed by atoms with van der Waals surface area (Å²) in [5.74, 6) is 1.95. The minimum absolute atomic E-state index is 0. The van der Waals surface area contributed by atoms with Gasteiger partial charge in [-0.15, -0.1) is 30.3 Å². The van der Waals surface area contributed by atoms with Gasteiger partial charge in [-0.1, -0.05) is 138 Å². The molecule has 8 aromatic carbocycles. The third kappa shape index (κ3) is 6.72. The molecule has 0 amide bonds. The van der Waals surface area contributed by atoms with Crippen molar-refractivity contribution >= 4 is 68.2 Å². The molecular formula is C56H39BN6OPt-2. The maximum absolute atomic E-state index is 6.72. The molecular weight excluding hydrogens is 979 g/mol. The molecule has 0 bridgehead atoms. The van der Waals surface area contributed by atoms with Crippen LogP contribution in [0.4, 0.5) is 22.9 Å². The number of aromatic nitrogens is 4. The minimum atomic E-state index is -0.223. The quantitative estimate of drug-likeness (QED) is 0.0864. The van der Waals surface area contributed by atoms with Crippen molar-refractivity contribution in [3.05, 3.63) is 230 Å². The summed E-state index contributed by atoms with van der Waals surface area (Å²) >= 11 is 0. The summed E-state index contributed by atoms with van der Waals surface area (Å²) in [6.45, 7) is 4.15. The number of benzene rings is 8. The Bertz CT molecular complexity index is 3520. The molecule has 4 heterocycles. The summed E-state index contributed by atoms with van der Waals surface area (Å²) in [5.41, 5.74) is 13.8. The molecule has 0 radical (unpaired) electrons. The van der Waals surface area contributed by atoms with Crippen molar-refractivity contribution in [2.45, 2.75) is 13.8 Å². The molecule has 0 saturated carbocycles. The van der Waals surface area contributed by atoms with E-state index in [-0.39, 0.29) is 28.0 Å². The van der Waals surface area contributed by atoms with Gasteiger partial charge in [0.15, 0.2) is 0 Å². The van der Waals surface area contributed by atoms with Gasteiger partial charge in [-0.2, -0.15) is 12.1 Å². The number of hydrogen-bond acceptors (Lipinski definition) is 4. The average Bonchev–Trinajstić information content (AvgIpc) is 4.01. The summed E-state index contributed by atoms with van der Waals surface area (Å²) < 4.78 is 13.3. The van der Waals surface area contributed by atoms with Crippen molar-refractivity contribution in [1.82, 2.24) is 14.1 Å². The molecule has 0 fully saturated rings. The van der Waals surface area contributed by atoms with Crippen LogP contribution >= 0.6 is 0 Å². The van der Waals surface area contributed by atoms with E-state index in [1.807, 2.05) is 42.6 Å². The first-order valence-corrected chi connectivity index (χ1v) is 21.5. The SMILES string of the molecule is Cc1cccc(C)c1B1N(c2ccccn2)c2[c-]c(Oc3[c-]c(-n4[c-][n+](-c5cccc6c7ccccc7n(-c7ccccc7)c56)c5ccccc54)ccc3)ccc2N1c1ccccc1.[Pt]. The molecule has 0 atom stereocenters. The van der Waals surface area contributed by atoms with Crippen LogP contribution in [0.15, 0.2) is 200 Å². The van der Waals surface area contributed by atoms with Crippen LogP contribution in [-0.4, -0.2) is 21.1 Å². The summed E-state index contributed by atoms with van der Waals surface area (Å²) in [7, 11) is 0. The van der Waals surface area contributed by atoms with Gasteiger partial charge < -0.3 is 23.5 Å². The van der Waals surface area contributed by atoms with E-state index in [9.17, 15) is 0 Å². The number of anilines is 4. The van der Waals surface area contributed by atoms with Crippen molar-refractivity contribution in [2.24, 2.45) is 0 Å². The number of fused-ring (bicyclic) bond motifs is 5. The van der Waals surface area contributed by atoms with Crippen LogP contribution < -0.4 is 24.4 Å². The number of aryl methyl sites for hydroxylation is 2. The van der Waals surface area contributed by atoms with Gasteiger partial charge in [-0.25, -0.2) is 4.98 Å². The number of para-hydroxylation sites is 6. The van der Waals surface area contributed by atoms with Gasteiger partial charge in [-0.05, 0) is 73.5 Å². The first-order valence-electron chi connectivity index (χ1n) is 21.5. The second-order valence-corrected chi connectivity index (χ2v) is 16.1. The Morgan fingerprint density at radius 2 is 1.22 bits per heavy atom. The zero-order chi connectivity index (χ0) is 42.7. The van der Waals surface area contributed by atoms with Crippen molar-refractivity contribution in [3.63, 3.8) is 0 Å². The molecule has 9 heteroatoms. The van der Waals surface area contributed by atoms with Crippen molar-refractivity contribution < 1.29 is 30.4 Å². The fourth-order valence-corrected chi connectivity index (χ4v) is 9.55. The number of rotatable bonds is 8. The molecule has 0 spiro atoms. The van der Waals surface area contributed by atoms with Crippen molar-refractivity contribution in [3.8, 4) is 28.6 Å². The van der Waals surface area contributed by atoms with Gasteiger partial charge in [0, 0.05) is 60.9 Å². The monoisotopic (exact) mass is 1020 g/mol. The van der Waals surface area contributed by atoms with Gasteiger partial charge in [0.25, 0.3) is 6.33 Å². The molecule has 0 saturated heterocycles. The van der Waals surface area contributed by atoms with E-state index in [2.05, 4.69) is 213 Å². The second-order valence-electron chi connectivity index (χ2n) is 16.1. The summed E-state index contributed by atoms with van der Waals surface area (Å²) in [4.78, 5) is 9.56. The minimum Gasteiger partial charge on any atom is -0.510 e. The average molecular weight is 1020 g/mol. The van der Waals surface area contributed by atoms with Gasteiger partial charge >= 0.3 is 6.98 Å². The van der Waals surface area contributed by atoms with Gasteiger partial charge in [0.1, 0.15) is 5.82 Å². The van der Waals surface area contributed by atoms with Crippen LogP contribution in [0.3, 0.4) is 0 Å². The molecule has 7 nitrogen and oxygen atoms in total. The van der Waals surface area contributed by atoms with Crippen LogP contribution in [-0.2, 0) is 21.1 Å². The Morgan fingerprint density at radius 1 is 0.554 bits per heavy atom. The third-order valence-electron chi connectivity index (χ3n) is 12.3. The first kappa shape index (κ1) is 40.1. The standard InChI is InChI=1S/C56H39BN6O.Pt/c1-39-18-15-19-40(2)55(39)57-62(42-22-7-4-8-23-42)51-34-33-45(37-53(51)63(57)54-32-13-14-35-58-54)64-44-25-16-24-43(36-44)59-38-60(50-30-12-11-29-49(50)59)52-31-17-27-47-46-26-9-10-28-48(46)61(56(47)52)41-20-5-3-6-21-41;/h3-35H,1-2H3;/q-2;. The first-order chi connectivity index (χ1) is 31.6. The smallest absolute Gasteiger partial charge is 0.409 e. The zero-order valence-corrected chi connectivity index (χ0v) is 37.8. The van der Waals surface area contributed by atoms with Gasteiger partial charge in [0.2, 0.25) is 0 Å². The van der Waals surface area contributed by atoms with E-state index in [0.29, 0.717) is 11.5 Å². The molecule has 65 heavy (non-hydrogen) atoms. The Labute approximate surface area is 392 Å². The molecule has 1 aliphatic heterocycles. The van der Waals surface area contributed by atoms with Crippen LogP contribution in [0.1, 0.15) is 11.1 Å². The molecule has 11 aromatic rings. The largest absolute Gasteiger partial charge is 0.510 e. The van der Waals surface area contributed by atoms with E-state index in [4.69, 9.17) is 9.72 Å². The third-order valence-corrected chi connectivity index (χ3v) is 12.3. The van der Waals surface area contributed by atoms with E-state index in [0.717, 1.165) is 62.0 Å². The van der Waals surface area contributed by atoms with E-state index in [1.165, 1.54) is 27.4 Å². The van der Waals surface area contributed by atoms with Gasteiger partial charge in [-0.3, -0.25) is 4.57 Å². The number of hydrogen-bond donors (Lipinski definition) is 0. The normalized spacial score (nSPS) is 12.2. The predicted octanol–water partition coefficient (Wildman–Crippen LogP) is 11.9. The number of nitrogens with zero attached hydrogens (tertiary/aromatic N) is 6. The van der Waals surface area contributed by atoms with E-state index < -0.39 is 0 Å². The maximum atomic E-state index is 6.72. The fraction of sp³-hybridized carbons (Fsp3) is 0.0357. The van der Waals surface area contributed by atoms with Crippen LogP contribution in [0.5, 0.6) is 11.5 Å². The number of ether oxygens (including phenoxy) is 1. The number of imidazole rings is 1. The van der Waals surface area contributed by atoms with Gasteiger partial charge in [0.05, 0.1) is 27.8 Å². The van der Waals surface area contributed by atoms with E-state index in [1.54, 1.807) is 0 Å². The molecule has 0 unspecified atom stereocenters. The molecule has 3 aromatic heterocycles. The van der Waals surface area contributed by atoms with E-state index >= 15 is 0 Å². The molecule has 314 valence electrons. The fourth-order valence-electron chi connectivity index (χ4n) is 9.55. The molecule has 0 aliphatic carbocycles. The zero-order valence-electron chi connectivity index (χ0n) is 35.5. The second kappa shape index (κ2) is 16.5. The number of pyridine rings is 1. The summed E-state index contributed by atoms with van der Waals surface area (Å²) in [5, 5.41) is 2.38. The molecule has 1 aliphatic rings. The van der Waals surface area contributed by atoms with Crippen LogP contribution in [0, 0.1) is 32.3 Å². The van der Waals surface area contributed by atoms with Crippen LogP contribution in [0.2, 0.25) is 0 Å². The Hall–Kier alpha value is -7.67. The molecule has 0 N–H and O–H groups in total. The Balaban J connectivity index is 0.00000469. The van der Waals surface area contributed by atoms with Crippen molar-refractivity contribution in [1.29, 1.82) is 0 Å². The molecule has 12 rings (SSSR count). The Kier molecular flexibility index (Phi) is 10.2.